The molecule has 5 heteroatoms. The minimum atomic E-state index is -1.43. The fourth-order valence-corrected chi connectivity index (χ4v) is 8.56. The van der Waals surface area contributed by atoms with E-state index in [4.69, 9.17) is 11.8 Å². The number of nitrogens with zero attached hydrogens (tertiary/aromatic N) is 1. The second-order valence-corrected chi connectivity index (χ2v) is 12.7. The predicted octanol–water partition coefficient (Wildman–Crippen LogP) is 5.14. The topological polar surface area (TPSA) is 45.1 Å². The Kier molecular flexibility index (Phi) is 5.50. The van der Waals surface area contributed by atoms with Crippen molar-refractivity contribution >= 4 is 23.5 Å². The summed E-state index contributed by atoms with van der Waals surface area (Å²) < 4.78 is 0. The van der Waals surface area contributed by atoms with Crippen LogP contribution < -0.4 is 5.32 Å². The monoisotopic (exact) mass is 374 g/mol. The molecule has 1 aromatic carbocycles. The minimum absolute atomic E-state index is 0.352. The Bertz CT molecular complexity index is 811. The van der Waals surface area contributed by atoms with Crippen molar-refractivity contribution in [1.29, 1.82) is 0 Å². The van der Waals surface area contributed by atoms with E-state index in [1.807, 2.05) is 32.9 Å². The first-order valence-corrected chi connectivity index (χ1v) is 12.2. The van der Waals surface area contributed by atoms with Gasteiger partial charge in [0.15, 0.2) is 0 Å². The number of rotatable bonds is 5. The lowest BCUT2D eigenvalue weighted by atomic mass is 10.1. The van der Waals surface area contributed by atoms with Crippen LogP contribution in [0, 0.1) is 20.8 Å². The zero-order valence-electron chi connectivity index (χ0n) is 15.2. The van der Waals surface area contributed by atoms with Crippen LogP contribution >= 0.6 is 6.04 Å². The number of aromatic nitrogens is 1. The maximum absolute atomic E-state index is 9.88. The number of phenols is 1. The molecule has 0 radical (unpaired) electrons. The largest absolute Gasteiger partial charge is 0.508 e. The molecule has 3 nitrogen and oxygen atoms in total. The van der Waals surface area contributed by atoms with Crippen molar-refractivity contribution in [3.8, 4) is 5.75 Å². The van der Waals surface area contributed by atoms with Crippen molar-refractivity contribution < 1.29 is 5.11 Å². The molecule has 0 amide bonds. The van der Waals surface area contributed by atoms with Gasteiger partial charge in [0, 0.05) is 17.9 Å². The third-order valence-corrected chi connectivity index (χ3v) is 10.8. The summed E-state index contributed by atoms with van der Waals surface area (Å²) in [7, 11) is 0. The Morgan fingerprint density at radius 2 is 1.88 bits per heavy atom. The summed E-state index contributed by atoms with van der Waals surface area (Å²) in [6.45, 7) is 6.86. The van der Waals surface area contributed by atoms with E-state index in [2.05, 4.69) is 28.5 Å². The third-order valence-electron chi connectivity index (χ3n) is 5.21. The van der Waals surface area contributed by atoms with Gasteiger partial charge in [-0.05, 0) is 81.3 Å². The van der Waals surface area contributed by atoms with Gasteiger partial charge in [-0.25, -0.2) is 0 Å². The number of pyridine rings is 1. The quantitative estimate of drug-likeness (QED) is 0.712. The third kappa shape index (κ3) is 4.07. The van der Waals surface area contributed by atoms with Crippen molar-refractivity contribution in [2.45, 2.75) is 39.3 Å². The Hall–Kier alpha value is -1.38. The molecule has 0 spiro atoms. The fraction of sp³-hybridized carbons (Fsp3) is 0.450. The summed E-state index contributed by atoms with van der Waals surface area (Å²) in [5.74, 6) is 0.359. The molecule has 3 rings (SSSR count). The molecule has 0 aliphatic carbocycles. The highest BCUT2D eigenvalue weighted by molar-refractivity contribution is 8.14. The van der Waals surface area contributed by atoms with E-state index in [-0.39, 0.29) is 0 Å². The lowest BCUT2D eigenvalue weighted by Gasteiger charge is -2.29. The summed E-state index contributed by atoms with van der Waals surface area (Å²) in [5.41, 5.74) is 5.71. The van der Waals surface area contributed by atoms with E-state index in [9.17, 15) is 5.11 Å². The number of hydrogen-bond acceptors (Lipinski definition) is 4. The van der Waals surface area contributed by atoms with Crippen LogP contribution in [0.5, 0.6) is 5.75 Å². The molecule has 1 aromatic heterocycles. The van der Waals surface area contributed by atoms with Crippen molar-refractivity contribution in [2.75, 3.05) is 24.2 Å². The van der Waals surface area contributed by atoms with Crippen LogP contribution in [0.15, 0.2) is 30.3 Å². The fourth-order valence-electron chi connectivity index (χ4n) is 3.70. The standard InChI is InChI=1S/C20H27N2OPS/c1-14-12-17(7-9-19(14)23)20(24(25)10-4-5-11-24)13-21-18-8-6-15(2)22-16(18)3/h6-9,12,20-21,23H,4-5,10-11,13H2,1-3H3. The summed E-state index contributed by atoms with van der Waals surface area (Å²) in [5, 5.41) is 13.5. The molecule has 1 aliphatic heterocycles. The zero-order chi connectivity index (χ0) is 18.0. The van der Waals surface area contributed by atoms with Crippen LogP contribution in [0.1, 0.15) is 41.0 Å². The Morgan fingerprint density at radius 1 is 1.16 bits per heavy atom. The average molecular weight is 374 g/mol. The van der Waals surface area contributed by atoms with E-state index in [1.54, 1.807) is 0 Å². The maximum atomic E-state index is 9.88. The van der Waals surface area contributed by atoms with Crippen LogP contribution in [0.4, 0.5) is 5.69 Å². The van der Waals surface area contributed by atoms with E-state index < -0.39 is 6.04 Å². The van der Waals surface area contributed by atoms with Gasteiger partial charge in [0.1, 0.15) is 5.75 Å². The highest BCUT2D eigenvalue weighted by Gasteiger charge is 2.32. The molecule has 1 saturated heterocycles. The van der Waals surface area contributed by atoms with E-state index >= 15 is 0 Å². The molecule has 25 heavy (non-hydrogen) atoms. The first-order valence-electron chi connectivity index (χ1n) is 8.94. The molecule has 1 fully saturated rings. The number of phenolic OH excluding ortho intramolecular Hbond substituents is 1. The minimum Gasteiger partial charge on any atom is -0.508 e. The van der Waals surface area contributed by atoms with E-state index in [1.165, 1.54) is 30.7 Å². The molecule has 1 aliphatic rings. The lowest BCUT2D eigenvalue weighted by Crippen LogP contribution is -2.15. The SMILES string of the molecule is Cc1ccc(NCC(c2ccc(O)c(C)c2)P2(=S)CCCC2)c(C)n1. The summed E-state index contributed by atoms with van der Waals surface area (Å²) in [4.78, 5) is 4.55. The number of aryl methyl sites for hydroxylation is 3. The van der Waals surface area contributed by atoms with Gasteiger partial charge in [0.25, 0.3) is 0 Å². The van der Waals surface area contributed by atoms with Gasteiger partial charge in [-0.15, -0.1) is 0 Å². The maximum Gasteiger partial charge on any atom is 0.118 e. The van der Waals surface area contributed by atoms with Gasteiger partial charge in [-0.3, -0.25) is 4.98 Å². The van der Waals surface area contributed by atoms with E-state index in [0.717, 1.165) is 29.2 Å². The Balaban J connectivity index is 1.88. The van der Waals surface area contributed by atoms with Gasteiger partial charge in [-0.2, -0.15) is 0 Å². The van der Waals surface area contributed by atoms with Crippen molar-refractivity contribution in [1.82, 2.24) is 4.98 Å². The Morgan fingerprint density at radius 3 is 2.52 bits per heavy atom. The molecule has 0 saturated carbocycles. The first-order chi connectivity index (χ1) is 11.9. The van der Waals surface area contributed by atoms with Crippen molar-refractivity contribution in [3.05, 3.63) is 52.8 Å². The molecule has 0 bridgehead atoms. The average Bonchev–Trinajstić information content (AvgIpc) is 3.00. The number of anilines is 1. The molecular weight excluding hydrogens is 347 g/mol. The van der Waals surface area contributed by atoms with Crippen molar-refractivity contribution in [2.24, 2.45) is 0 Å². The number of hydrogen-bond donors (Lipinski definition) is 2. The number of benzene rings is 1. The summed E-state index contributed by atoms with van der Waals surface area (Å²) in [6.07, 6.45) is 4.91. The molecular formula is C20H27N2OPS. The molecule has 1 atom stereocenters. The van der Waals surface area contributed by atoms with Gasteiger partial charge in [-0.1, -0.05) is 23.9 Å². The Labute approximate surface area is 155 Å². The second kappa shape index (κ2) is 7.47. The molecule has 2 N–H and O–H groups in total. The van der Waals surface area contributed by atoms with E-state index in [0.29, 0.717) is 11.4 Å². The van der Waals surface area contributed by atoms with Crippen LogP contribution in [0.2, 0.25) is 0 Å². The normalized spacial score (nSPS) is 17.4. The van der Waals surface area contributed by atoms with Crippen LogP contribution in [0.25, 0.3) is 0 Å². The van der Waals surface area contributed by atoms with Crippen LogP contribution in [-0.4, -0.2) is 29.0 Å². The van der Waals surface area contributed by atoms with Gasteiger partial charge >= 0.3 is 0 Å². The zero-order valence-corrected chi connectivity index (χ0v) is 17.0. The second-order valence-electron chi connectivity index (χ2n) is 7.13. The number of nitrogens with one attached hydrogen (secondary N) is 1. The van der Waals surface area contributed by atoms with Crippen molar-refractivity contribution in [3.63, 3.8) is 0 Å². The van der Waals surface area contributed by atoms with Gasteiger partial charge < -0.3 is 10.4 Å². The van der Waals surface area contributed by atoms with Gasteiger partial charge in [0.2, 0.25) is 0 Å². The smallest absolute Gasteiger partial charge is 0.118 e. The highest BCUT2D eigenvalue weighted by Crippen LogP contribution is 2.63. The predicted molar refractivity (Wildman–Crippen MR) is 111 cm³/mol. The summed E-state index contributed by atoms with van der Waals surface area (Å²) >= 11 is 6.21. The lowest BCUT2D eigenvalue weighted by molar-refractivity contribution is 0.471. The molecule has 2 aromatic rings. The van der Waals surface area contributed by atoms with Gasteiger partial charge in [0.05, 0.1) is 11.4 Å². The highest BCUT2D eigenvalue weighted by atomic mass is 32.4. The number of aromatic hydroxyl groups is 1. The van der Waals surface area contributed by atoms with Crippen LogP contribution in [-0.2, 0) is 11.8 Å². The first kappa shape index (κ1) is 18.4. The summed E-state index contributed by atoms with van der Waals surface area (Å²) in [6, 6.07) is 8.72. The molecule has 134 valence electrons. The molecule has 1 unspecified atom stereocenters. The van der Waals surface area contributed by atoms with Crippen LogP contribution in [0.3, 0.4) is 0 Å². The molecule has 2 heterocycles.